The van der Waals surface area contributed by atoms with Gasteiger partial charge in [-0.1, -0.05) is 58.4 Å². The second kappa shape index (κ2) is 13.1. The van der Waals surface area contributed by atoms with E-state index in [0.29, 0.717) is 10.2 Å². The third kappa shape index (κ3) is 7.99. The Hall–Kier alpha value is -4.11. The summed E-state index contributed by atoms with van der Waals surface area (Å²) >= 11 is 3.36. The van der Waals surface area contributed by atoms with E-state index in [1.807, 2.05) is 6.07 Å². The van der Waals surface area contributed by atoms with Gasteiger partial charge in [-0.15, -0.1) is 0 Å². The zero-order valence-corrected chi connectivity index (χ0v) is 20.6. The highest BCUT2D eigenvalue weighted by atomic mass is 79.9. The molecule has 0 aliphatic carbocycles. The molecule has 0 aliphatic rings. The summed E-state index contributed by atoms with van der Waals surface area (Å²) in [6, 6.07) is 21.6. The maximum Gasteiger partial charge on any atom is 0.414 e. The quantitative estimate of drug-likeness (QED) is 0.278. The lowest BCUT2D eigenvalue weighted by Gasteiger charge is -2.28. The molecule has 3 aromatic rings. The molecule has 2 amide bonds. The number of ether oxygens (including phenoxy) is 2. The fourth-order valence-electron chi connectivity index (χ4n) is 3.38. The summed E-state index contributed by atoms with van der Waals surface area (Å²) in [4.78, 5) is 36.1. The third-order valence-corrected chi connectivity index (χ3v) is 5.52. The third-order valence-electron chi connectivity index (χ3n) is 5.03. The van der Waals surface area contributed by atoms with Crippen LogP contribution in [-0.4, -0.2) is 34.3 Å². The minimum absolute atomic E-state index is 0.145. The number of carbonyl (C=O) groups is 3. The molecule has 2 atom stereocenters. The molecule has 36 heavy (non-hydrogen) atoms. The highest BCUT2D eigenvalue weighted by Crippen LogP contribution is 2.35. The van der Waals surface area contributed by atoms with Crippen molar-refractivity contribution < 1.29 is 34.1 Å². The van der Waals surface area contributed by atoms with Crippen molar-refractivity contribution >= 4 is 33.9 Å². The van der Waals surface area contributed by atoms with Crippen LogP contribution in [0.3, 0.4) is 0 Å². The number of rotatable bonds is 10. The molecule has 3 rings (SSSR count). The number of benzene rings is 3. The smallest absolute Gasteiger partial charge is 0.414 e. The number of phenolic OH excluding ortho intramolecular Hbond substituents is 1. The van der Waals surface area contributed by atoms with Gasteiger partial charge in [-0.3, -0.25) is 10.1 Å². The van der Waals surface area contributed by atoms with E-state index < -0.39 is 30.2 Å². The number of hydrogen-bond acceptors (Lipinski definition) is 6. The minimum Gasteiger partial charge on any atom is -0.508 e. The maximum atomic E-state index is 12.8. The van der Waals surface area contributed by atoms with E-state index in [-0.39, 0.29) is 29.7 Å². The fraction of sp³-hybridized carbons (Fsp3) is 0.148. The molecule has 186 valence electrons. The van der Waals surface area contributed by atoms with Crippen LogP contribution in [0, 0.1) is 0 Å². The molecule has 0 bridgehead atoms. The Kier molecular flexibility index (Phi) is 9.64. The van der Waals surface area contributed by atoms with Gasteiger partial charge in [-0.05, 0) is 55.3 Å². The summed E-state index contributed by atoms with van der Waals surface area (Å²) in [5, 5.41) is 21.7. The van der Waals surface area contributed by atoms with Crippen molar-refractivity contribution in [2.75, 3.05) is 0 Å². The number of carbonyl (C=O) groups excluding carboxylic acids is 2. The number of amides is 2. The van der Waals surface area contributed by atoms with Crippen molar-refractivity contribution in [2.24, 2.45) is 0 Å². The first-order valence-corrected chi connectivity index (χ1v) is 11.8. The average molecular weight is 554 g/mol. The Morgan fingerprint density at radius 3 is 2.31 bits per heavy atom. The number of para-hydroxylation sites is 1. The van der Waals surface area contributed by atoms with Crippen LogP contribution in [0.1, 0.15) is 34.9 Å². The van der Waals surface area contributed by atoms with Gasteiger partial charge < -0.3 is 19.7 Å². The Bertz CT molecular complexity index is 1220. The number of aliphatic carboxylic acids is 1. The molecule has 0 saturated heterocycles. The van der Waals surface area contributed by atoms with Crippen molar-refractivity contribution in [1.29, 1.82) is 0 Å². The number of carboxylic acid groups (broad SMARTS) is 1. The molecule has 0 radical (unpaired) electrons. The molecule has 3 N–H and O–H groups in total. The van der Waals surface area contributed by atoms with Crippen molar-refractivity contribution in [2.45, 2.75) is 25.0 Å². The number of aromatic hydroxyl groups is 1. The molecule has 9 heteroatoms. The second-order valence-electron chi connectivity index (χ2n) is 7.64. The van der Waals surface area contributed by atoms with Gasteiger partial charge in [0.05, 0.1) is 0 Å². The molecule has 0 aliphatic heterocycles. The van der Waals surface area contributed by atoms with E-state index in [0.717, 1.165) is 6.08 Å². The molecule has 0 spiro atoms. The van der Waals surface area contributed by atoms with Gasteiger partial charge in [-0.2, -0.15) is 0 Å². The lowest BCUT2D eigenvalue weighted by molar-refractivity contribution is -0.131. The molecule has 0 aromatic heterocycles. The van der Waals surface area contributed by atoms with E-state index in [1.165, 1.54) is 12.1 Å². The molecule has 8 nitrogen and oxygen atoms in total. The highest BCUT2D eigenvalue weighted by Gasteiger charge is 2.32. The summed E-state index contributed by atoms with van der Waals surface area (Å²) in [5.41, 5.74) is 0.516. The number of nitrogens with one attached hydrogen (secondary N) is 1. The van der Waals surface area contributed by atoms with Gasteiger partial charge in [0.15, 0.2) is 6.10 Å². The van der Waals surface area contributed by atoms with Gasteiger partial charge in [0.2, 0.25) is 0 Å². The predicted molar refractivity (Wildman–Crippen MR) is 136 cm³/mol. The maximum absolute atomic E-state index is 12.8. The number of alkyl carbamates (subject to hydrolysis) is 1. The van der Waals surface area contributed by atoms with Crippen molar-refractivity contribution in [3.8, 4) is 11.5 Å². The SMILES string of the molecule is O=C(O)/C=C/CC[C@@H](Oc1ccccc1)[C@H](OC(=O)NC(=O)c1ccccc1)c1cc(Br)ccc1O. The zero-order valence-electron chi connectivity index (χ0n) is 19.0. The fourth-order valence-corrected chi connectivity index (χ4v) is 3.76. The topological polar surface area (TPSA) is 122 Å². The molecule has 0 fully saturated rings. The summed E-state index contributed by atoms with van der Waals surface area (Å²) in [7, 11) is 0. The second-order valence-corrected chi connectivity index (χ2v) is 8.55. The number of hydrogen-bond donors (Lipinski definition) is 3. The number of imide groups is 1. The molecule has 0 heterocycles. The standard InChI is InChI=1S/C27H24BrNO7/c28-19-15-16-22(30)21(17-19)25(36-27(34)29-26(33)18-9-3-1-4-10-18)23(13-7-8-14-24(31)32)35-20-11-5-2-6-12-20/h1-6,8-12,14-17,23,25,30H,7,13H2,(H,31,32)(H,29,33,34)/b14-8+/t23-,25-/m1/s1. The Morgan fingerprint density at radius 1 is 0.972 bits per heavy atom. The first kappa shape index (κ1) is 26.5. The molecular weight excluding hydrogens is 530 g/mol. The van der Waals surface area contributed by atoms with E-state index in [4.69, 9.17) is 14.6 Å². The first-order chi connectivity index (χ1) is 17.3. The van der Waals surface area contributed by atoms with Crippen LogP contribution in [0.4, 0.5) is 4.79 Å². The lowest BCUT2D eigenvalue weighted by atomic mass is 9.99. The van der Waals surface area contributed by atoms with E-state index in [1.54, 1.807) is 66.7 Å². The first-order valence-electron chi connectivity index (χ1n) is 11.0. The van der Waals surface area contributed by atoms with Crippen LogP contribution in [0.5, 0.6) is 11.5 Å². The van der Waals surface area contributed by atoms with E-state index in [2.05, 4.69) is 21.2 Å². The molecular formula is C27H24BrNO7. The largest absolute Gasteiger partial charge is 0.508 e. The lowest BCUT2D eigenvalue weighted by Crippen LogP contribution is -2.36. The van der Waals surface area contributed by atoms with E-state index >= 15 is 0 Å². The van der Waals surface area contributed by atoms with Crippen molar-refractivity contribution in [3.05, 3.63) is 107 Å². The van der Waals surface area contributed by atoms with Gasteiger partial charge in [0.25, 0.3) is 5.91 Å². The summed E-state index contributed by atoms with van der Waals surface area (Å²) < 4.78 is 12.4. The average Bonchev–Trinajstić information content (AvgIpc) is 2.87. The number of halogens is 1. The zero-order chi connectivity index (χ0) is 25.9. The number of carboxylic acids is 1. The Balaban J connectivity index is 1.91. The minimum atomic E-state index is -1.15. The molecule has 0 saturated carbocycles. The normalized spacial score (nSPS) is 12.5. The number of allylic oxidation sites excluding steroid dienone is 1. The van der Waals surface area contributed by atoms with Crippen LogP contribution >= 0.6 is 15.9 Å². The van der Waals surface area contributed by atoms with Crippen LogP contribution in [0.2, 0.25) is 0 Å². The monoisotopic (exact) mass is 553 g/mol. The molecule has 0 unspecified atom stereocenters. The molecule has 3 aromatic carbocycles. The summed E-state index contributed by atoms with van der Waals surface area (Å²) in [6.45, 7) is 0. The Labute approximate surface area is 216 Å². The van der Waals surface area contributed by atoms with Crippen molar-refractivity contribution in [3.63, 3.8) is 0 Å². The number of phenols is 1. The van der Waals surface area contributed by atoms with Gasteiger partial charge in [0, 0.05) is 21.7 Å². The van der Waals surface area contributed by atoms with Crippen LogP contribution in [-0.2, 0) is 9.53 Å². The Morgan fingerprint density at radius 2 is 1.64 bits per heavy atom. The van der Waals surface area contributed by atoms with E-state index in [9.17, 15) is 19.5 Å². The summed E-state index contributed by atoms with van der Waals surface area (Å²) in [5.74, 6) is -1.41. The van der Waals surface area contributed by atoms with Crippen molar-refractivity contribution in [1.82, 2.24) is 5.32 Å². The van der Waals surface area contributed by atoms with Crippen LogP contribution in [0.15, 0.2) is 95.5 Å². The van der Waals surface area contributed by atoms with Gasteiger partial charge in [0.1, 0.15) is 17.6 Å². The van der Waals surface area contributed by atoms with Crippen LogP contribution in [0.25, 0.3) is 0 Å². The highest BCUT2D eigenvalue weighted by molar-refractivity contribution is 9.10. The van der Waals surface area contributed by atoms with Gasteiger partial charge in [-0.25, -0.2) is 9.59 Å². The van der Waals surface area contributed by atoms with Crippen LogP contribution < -0.4 is 10.1 Å². The summed E-state index contributed by atoms with van der Waals surface area (Å²) in [6.07, 6.45) is -0.0419. The predicted octanol–water partition coefficient (Wildman–Crippen LogP) is 5.63. The van der Waals surface area contributed by atoms with Gasteiger partial charge >= 0.3 is 12.1 Å².